The monoisotopic (exact) mass is 577 g/mol. The minimum Gasteiger partial charge on any atom is -0.461 e. The van der Waals surface area contributed by atoms with E-state index in [0.717, 1.165) is 27.9 Å². The number of halogens is 3. The van der Waals surface area contributed by atoms with Crippen LogP contribution >= 0.6 is 0 Å². The number of benzene rings is 3. The molecule has 3 heterocycles. The van der Waals surface area contributed by atoms with Gasteiger partial charge in [0, 0.05) is 13.1 Å². The predicted molar refractivity (Wildman–Crippen MR) is 147 cm³/mol. The molecule has 2 fully saturated rings. The van der Waals surface area contributed by atoms with E-state index in [2.05, 4.69) is 5.10 Å². The van der Waals surface area contributed by atoms with Crippen molar-refractivity contribution in [2.45, 2.75) is 24.4 Å². The molecular weight excluding hydrogens is 551 g/mol. The van der Waals surface area contributed by atoms with Gasteiger partial charge in [-0.15, -0.1) is 0 Å². The fourth-order valence-electron chi connectivity index (χ4n) is 5.89. The lowest BCUT2D eigenvalue weighted by molar-refractivity contribution is -0.384. The molecule has 216 valence electrons. The van der Waals surface area contributed by atoms with Gasteiger partial charge in [0.25, 0.3) is 5.92 Å². The van der Waals surface area contributed by atoms with Crippen molar-refractivity contribution in [1.29, 1.82) is 0 Å². The van der Waals surface area contributed by atoms with E-state index in [0.29, 0.717) is 0 Å². The van der Waals surface area contributed by atoms with Crippen molar-refractivity contribution >= 4 is 17.5 Å². The lowest BCUT2D eigenvalue weighted by Crippen LogP contribution is -2.88. The van der Waals surface area contributed by atoms with Crippen molar-refractivity contribution < 1.29 is 27.6 Å². The Labute approximate surface area is 238 Å². The Morgan fingerprint density at radius 3 is 2.05 bits per heavy atom. The van der Waals surface area contributed by atoms with Crippen LogP contribution in [0.1, 0.15) is 34.6 Å². The van der Waals surface area contributed by atoms with Crippen molar-refractivity contribution in [3.63, 3.8) is 0 Å². The first kappa shape index (κ1) is 27.5. The van der Waals surface area contributed by atoms with E-state index in [1.54, 1.807) is 0 Å². The molecule has 3 aromatic carbocycles. The number of hydrogen-bond donors (Lipinski definition) is 0. The van der Waals surface area contributed by atoms with Crippen LogP contribution in [-0.4, -0.2) is 63.3 Å². The lowest BCUT2D eigenvalue weighted by atomic mass is 9.72. The van der Waals surface area contributed by atoms with Crippen molar-refractivity contribution in [3.8, 4) is 5.69 Å². The van der Waals surface area contributed by atoms with E-state index in [9.17, 15) is 19.3 Å². The zero-order valence-electron chi connectivity index (χ0n) is 22.5. The molecule has 12 heteroatoms. The van der Waals surface area contributed by atoms with Crippen LogP contribution in [0.3, 0.4) is 0 Å². The summed E-state index contributed by atoms with van der Waals surface area (Å²) < 4.78 is 51.0. The molecular formula is C30H26F3N5O4. The van der Waals surface area contributed by atoms with Crippen molar-refractivity contribution in [2.75, 3.05) is 31.1 Å². The SMILES string of the molecule is CCOC(=O)c1nn(-c2ccc(F)cc2)c(N2CC(F)(F)C23CN(C(c2ccccc2)c2ccccc2)C3)c1[N+](=O)[O-]. The van der Waals surface area contributed by atoms with Gasteiger partial charge in [-0.25, -0.2) is 22.6 Å². The van der Waals surface area contributed by atoms with Gasteiger partial charge in [-0.2, -0.15) is 5.10 Å². The molecule has 0 aliphatic carbocycles. The molecule has 0 N–H and O–H groups in total. The number of nitrogens with zero attached hydrogens (tertiary/aromatic N) is 5. The zero-order chi connectivity index (χ0) is 29.6. The van der Waals surface area contributed by atoms with Crippen LogP contribution in [0.2, 0.25) is 0 Å². The molecule has 0 radical (unpaired) electrons. The Bertz CT molecular complexity index is 1580. The van der Waals surface area contributed by atoms with E-state index in [4.69, 9.17) is 4.74 Å². The molecule has 42 heavy (non-hydrogen) atoms. The van der Waals surface area contributed by atoms with E-state index < -0.39 is 46.1 Å². The molecule has 9 nitrogen and oxygen atoms in total. The molecule has 0 atom stereocenters. The number of ether oxygens (including phenoxy) is 1. The normalized spacial score (nSPS) is 17.1. The third kappa shape index (κ3) is 4.30. The zero-order valence-corrected chi connectivity index (χ0v) is 22.5. The van der Waals surface area contributed by atoms with Gasteiger partial charge in [0.1, 0.15) is 11.4 Å². The predicted octanol–water partition coefficient (Wildman–Crippen LogP) is 5.40. The highest BCUT2D eigenvalue weighted by atomic mass is 19.3. The standard InChI is InChI=1S/C30H26F3N5O4/c1-2-42-28(39)24-26(38(40)41)27(37(34-24)23-15-13-22(31)14-16-23)36-19-30(32,33)29(36)17-35(18-29)25(20-9-5-3-6-10-20)21-11-7-4-8-12-21/h3-16,25H,2,17-19H2,1H3. The first-order chi connectivity index (χ1) is 20.2. The lowest BCUT2D eigenvalue weighted by Gasteiger charge is -2.67. The number of rotatable bonds is 8. The molecule has 2 aliphatic rings. The Balaban J connectivity index is 1.44. The number of carbonyl (C=O) groups excluding carboxylic acids is 1. The maximum atomic E-state index is 15.6. The summed E-state index contributed by atoms with van der Waals surface area (Å²) in [6.45, 7) is 0.406. The molecule has 0 saturated carbocycles. The number of hydrogen-bond acceptors (Lipinski definition) is 7. The van der Waals surface area contributed by atoms with E-state index in [-0.39, 0.29) is 37.2 Å². The summed E-state index contributed by atoms with van der Waals surface area (Å²) in [6, 6.07) is 23.5. The summed E-state index contributed by atoms with van der Waals surface area (Å²) in [6.07, 6.45) is 0. The van der Waals surface area contributed by atoms with Crippen LogP contribution in [0.4, 0.5) is 24.7 Å². The minimum atomic E-state index is -3.20. The fourth-order valence-corrected chi connectivity index (χ4v) is 5.89. The molecule has 6 rings (SSSR count). The van der Waals surface area contributed by atoms with Crippen LogP contribution in [0.15, 0.2) is 84.9 Å². The van der Waals surface area contributed by atoms with E-state index in [1.807, 2.05) is 65.6 Å². The highest BCUT2D eigenvalue weighted by Gasteiger charge is 2.74. The highest BCUT2D eigenvalue weighted by Crippen LogP contribution is 2.56. The van der Waals surface area contributed by atoms with Crippen LogP contribution < -0.4 is 4.90 Å². The molecule has 0 unspecified atom stereocenters. The van der Waals surface area contributed by atoms with Gasteiger partial charge in [-0.1, -0.05) is 60.7 Å². The van der Waals surface area contributed by atoms with Gasteiger partial charge in [-0.3, -0.25) is 15.0 Å². The maximum Gasteiger partial charge on any atom is 0.366 e. The molecule has 0 bridgehead atoms. The fraction of sp³-hybridized carbons (Fsp3) is 0.267. The quantitative estimate of drug-likeness (QED) is 0.157. The van der Waals surface area contributed by atoms with Crippen LogP contribution in [0.25, 0.3) is 5.69 Å². The smallest absolute Gasteiger partial charge is 0.366 e. The molecule has 2 aliphatic heterocycles. The second-order valence-electron chi connectivity index (χ2n) is 10.3. The van der Waals surface area contributed by atoms with Crippen molar-refractivity contribution in [1.82, 2.24) is 14.7 Å². The third-order valence-corrected chi connectivity index (χ3v) is 7.89. The Morgan fingerprint density at radius 2 is 1.55 bits per heavy atom. The van der Waals surface area contributed by atoms with Crippen LogP contribution in [0, 0.1) is 15.9 Å². The molecule has 2 saturated heterocycles. The summed E-state index contributed by atoms with van der Waals surface area (Å²) in [5.41, 5.74) is -1.16. The van der Waals surface area contributed by atoms with Gasteiger partial charge in [0.2, 0.25) is 11.5 Å². The Morgan fingerprint density at radius 1 is 0.976 bits per heavy atom. The van der Waals surface area contributed by atoms with Gasteiger partial charge in [0.15, 0.2) is 0 Å². The summed E-state index contributed by atoms with van der Waals surface area (Å²) in [5.74, 6) is -5.11. The third-order valence-electron chi connectivity index (χ3n) is 7.89. The van der Waals surface area contributed by atoms with Gasteiger partial charge >= 0.3 is 11.7 Å². The van der Waals surface area contributed by atoms with Crippen LogP contribution in [0.5, 0.6) is 0 Å². The summed E-state index contributed by atoms with van der Waals surface area (Å²) in [7, 11) is 0. The average molecular weight is 578 g/mol. The summed E-state index contributed by atoms with van der Waals surface area (Å²) >= 11 is 0. The molecule has 0 amide bonds. The van der Waals surface area contributed by atoms with Gasteiger partial charge in [-0.05, 0) is 42.3 Å². The molecule has 1 aromatic heterocycles. The Kier molecular flexibility index (Phi) is 6.72. The molecule has 4 aromatic rings. The van der Waals surface area contributed by atoms with E-state index in [1.165, 1.54) is 24.0 Å². The number of nitro groups is 1. The number of esters is 1. The Hall–Kier alpha value is -4.71. The number of carbonyl (C=O) groups is 1. The number of alkyl halides is 2. The minimum absolute atomic E-state index is 0.0736. The second kappa shape index (κ2) is 10.3. The maximum absolute atomic E-state index is 15.6. The van der Waals surface area contributed by atoms with Gasteiger partial charge in [0.05, 0.1) is 29.8 Å². The highest BCUT2D eigenvalue weighted by molar-refractivity contribution is 5.95. The van der Waals surface area contributed by atoms with Crippen molar-refractivity contribution in [3.05, 3.63) is 118 Å². The first-order valence-electron chi connectivity index (χ1n) is 13.4. The van der Waals surface area contributed by atoms with E-state index >= 15 is 8.78 Å². The number of likely N-dealkylation sites (tertiary alicyclic amines) is 1. The van der Waals surface area contributed by atoms with Crippen molar-refractivity contribution in [2.24, 2.45) is 0 Å². The molecule has 1 spiro atoms. The number of aromatic nitrogens is 2. The topological polar surface area (TPSA) is 93.7 Å². The largest absolute Gasteiger partial charge is 0.461 e. The van der Waals surface area contributed by atoms with Crippen LogP contribution in [-0.2, 0) is 4.74 Å². The first-order valence-corrected chi connectivity index (χ1v) is 13.4. The van der Waals surface area contributed by atoms with Gasteiger partial charge < -0.3 is 9.64 Å². The second-order valence-corrected chi connectivity index (χ2v) is 10.3. The average Bonchev–Trinajstić information content (AvgIpc) is 3.35. The summed E-state index contributed by atoms with van der Waals surface area (Å²) in [5, 5.41) is 16.5. The summed E-state index contributed by atoms with van der Waals surface area (Å²) in [4.78, 5) is 27.5. The number of anilines is 1.